The Labute approximate surface area is 393 Å². The molecule has 6 rings (SSSR count). The van der Waals surface area contributed by atoms with Gasteiger partial charge in [-0.15, -0.1) is 0 Å². The van der Waals surface area contributed by atoms with Gasteiger partial charge in [0.25, 0.3) is 0 Å². The van der Waals surface area contributed by atoms with Crippen LogP contribution in [-0.2, 0) is 39.3 Å². The summed E-state index contributed by atoms with van der Waals surface area (Å²) in [4.78, 5) is 30.2. The van der Waals surface area contributed by atoms with Gasteiger partial charge in [-0.2, -0.15) is 0 Å². The Morgan fingerprint density at radius 2 is 1.20 bits per heavy atom. The predicted molar refractivity (Wildman–Crippen MR) is 259 cm³/mol. The van der Waals surface area contributed by atoms with Crippen LogP contribution in [0.25, 0.3) is 21.8 Å². The molecule has 0 aliphatic rings. The summed E-state index contributed by atoms with van der Waals surface area (Å²) in [5.74, 6) is 0.0472. The molecular weight excluding hydrogens is 993 g/mol. The number of ketones is 1. The van der Waals surface area contributed by atoms with Crippen LogP contribution in [0.3, 0.4) is 0 Å². The van der Waals surface area contributed by atoms with Gasteiger partial charge in [0.1, 0.15) is 0 Å². The van der Waals surface area contributed by atoms with Gasteiger partial charge in [-0.1, -0.05) is 79.5 Å². The molecule has 0 fully saturated rings. The number of fused-ring (bicyclic) bond motifs is 2. The maximum atomic E-state index is 11.5. The second-order valence-corrected chi connectivity index (χ2v) is 16.3. The summed E-state index contributed by atoms with van der Waals surface area (Å²) in [7, 11) is 0. The van der Waals surface area contributed by atoms with E-state index in [1.54, 1.807) is 13.0 Å². The monoisotopic (exact) mass is 1040 g/mol. The number of carbonyl (C=O) groups excluding carboxylic acids is 2. The molecule has 0 spiro atoms. The Kier molecular flexibility index (Phi) is 27.1. The first-order valence-corrected chi connectivity index (χ1v) is 21.0. The molecule has 313 valence electrons. The summed E-state index contributed by atoms with van der Waals surface area (Å²) in [5.41, 5.74) is 17.8. The van der Waals surface area contributed by atoms with E-state index in [0.29, 0.717) is 13.0 Å². The smallest absolute Gasteiger partial charge is 0.244 e. The molecule has 0 aliphatic carbocycles. The molecule has 0 aliphatic heterocycles. The van der Waals surface area contributed by atoms with E-state index in [9.17, 15) is 9.59 Å². The number of aryl methyl sites for hydroxylation is 7. The third-order valence-electron chi connectivity index (χ3n) is 7.70. The van der Waals surface area contributed by atoms with Crippen molar-refractivity contribution < 1.29 is 32.9 Å². The zero-order valence-corrected chi connectivity index (χ0v) is 41.4. The Morgan fingerprint density at radius 3 is 1.69 bits per heavy atom. The summed E-state index contributed by atoms with van der Waals surface area (Å²) in [6.07, 6.45) is 6.22. The van der Waals surface area contributed by atoms with Gasteiger partial charge in [-0.3, -0.25) is 19.6 Å². The number of allylic oxidation sites excluding steroid dienone is 3. The van der Waals surface area contributed by atoms with Crippen molar-refractivity contribution in [3.05, 3.63) is 168 Å². The van der Waals surface area contributed by atoms with Crippen LogP contribution in [0.5, 0.6) is 0 Å². The minimum atomic E-state index is -0.419. The molecule has 2 N–H and O–H groups in total. The van der Waals surface area contributed by atoms with Gasteiger partial charge in [-0.05, 0) is 180 Å². The molecule has 0 atom stereocenters. The van der Waals surface area contributed by atoms with E-state index < -0.39 is 5.24 Å². The van der Waals surface area contributed by atoms with Crippen LogP contribution in [0.15, 0.2) is 123 Å². The second-order valence-electron chi connectivity index (χ2n) is 13.3. The first-order chi connectivity index (χ1) is 26.9. The Morgan fingerprint density at radius 1 is 0.695 bits per heavy atom. The number of hydrogen-bond donors (Lipinski definition) is 1. The number of nitrogens with two attached hydrogens (primary N) is 1. The van der Waals surface area contributed by atoms with Crippen molar-refractivity contribution in [2.24, 2.45) is 0 Å². The molecule has 6 aromatic rings. The molecule has 4 aromatic carbocycles. The van der Waals surface area contributed by atoms with Gasteiger partial charge in [0, 0.05) is 72.3 Å². The number of ether oxygens (including phenoxy) is 1. The molecule has 1 radical (unpaired) electrons. The number of benzene rings is 4. The normalized spacial score (nSPS) is 10.1. The quantitative estimate of drug-likeness (QED) is 0.0773. The maximum Gasteiger partial charge on any atom is 0.244 e. The molecule has 0 bridgehead atoms. The molecule has 11 heteroatoms. The number of anilines is 1. The zero-order chi connectivity index (χ0) is 42.7. The number of pyridine rings is 2. The van der Waals surface area contributed by atoms with Crippen LogP contribution in [0.2, 0.25) is 0 Å². The number of carbonyl (C=O) groups is 2. The molecule has 59 heavy (non-hydrogen) atoms. The standard InChI is InChI=1S/C13H15BrO2.C12H13N.C11H10BrN.C7H8BrN.C4H5ClO.CH4.V/c1-3-16-5-4-13(15)9-11-6-10(2)7-12(14)8-11;1-8-6-9(2)11-5-4-10(3)13-12(11)7-8;1-7-5-10(12)9-4-3-8(2)13-11(9)6-7;1-5-2-6(8)4-7(9)3-5;1-2-3-4(5)6;;/h4-8H,3,9H2,1-2H3;4-7H,1-3H3;3-6H,1-2H3;2-4H,9H2,1H3;2-3H,1H3;1H4;/b5-4+;;;;3-2+;;. The minimum Gasteiger partial charge on any atom is -0.501 e. The van der Waals surface area contributed by atoms with Gasteiger partial charge < -0.3 is 10.5 Å². The summed E-state index contributed by atoms with van der Waals surface area (Å²) in [6.45, 7) is 18.6. The first-order valence-electron chi connectivity index (χ1n) is 18.2. The van der Waals surface area contributed by atoms with Gasteiger partial charge >= 0.3 is 0 Å². The topological polar surface area (TPSA) is 95.2 Å². The predicted octanol–water partition coefficient (Wildman–Crippen LogP) is 14.5. The maximum absolute atomic E-state index is 11.5. The fourth-order valence-electron chi connectivity index (χ4n) is 5.41. The van der Waals surface area contributed by atoms with E-state index in [1.807, 2.05) is 77.1 Å². The van der Waals surface area contributed by atoms with E-state index in [0.717, 1.165) is 52.7 Å². The van der Waals surface area contributed by atoms with Gasteiger partial charge in [0.2, 0.25) is 5.24 Å². The molecule has 0 amide bonds. The summed E-state index contributed by atoms with van der Waals surface area (Å²) >= 11 is 15.1. The fraction of sp³-hybridized carbons (Fsp3) is 0.250. The van der Waals surface area contributed by atoms with Gasteiger partial charge in [0.15, 0.2) is 5.78 Å². The van der Waals surface area contributed by atoms with Gasteiger partial charge in [0.05, 0.1) is 23.9 Å². The molecule has 0 saturated heterocycles. The van der Waals surface area contributed by atoms with Gasteiger partial charge in [-0.25, -0.2) is 0 Å². The van der Waals surface area contributed by atoms with Crippen molar-refractivity contribution in [2.45, 2.75) is 76.2 Å². The van der Waals surface area contributed by atoms with Crippen molar-refractivity contribution in [3.63, 3.8) is 0 Å². The Hall–Kier alpha value is -3.57. The number of rotatable bonds is 6. The van der Waals surface area contributed by atoms with Crippen molar-refractivity contribution in [3.8, 4) is 0 Å². The average molecular weight is 1050 g/mol. The molecule has 0 unspecified atom stereocenters. The largest absolute Gasteiger partial charge is 0.501 e. The Balaban J connectivity index is 0.000000728. The number of nitrogens with zero attached hydrogens (tertiary/aromatic N) is 2. The minimum absolute atomic E-state index is 0. The zero-order valence-electron chi connectivity index (χ0n) is 34.5. The fourth-order valence-corrected chi connectivity index (χ4v) is 7.51. The molecule has 6 nitrogen and oxygen atoms in total. The number of nitrogen functional groups attached to an aromatic ring is 1. The van der Waals surface area contributed by atoms with Crippen LogP contribution >= 0.6 is 59.4 Å². The van der Waals surface area contributed by atoms with Crippen molar-refractivity contribution in [1.29, 1.82) is 0 Å². The van der Waals surface area contributed by atoms with Crippen molar-refractivity contribution >= 4 is 97.9 Å². The van der Waals surface area contributed by atoms with E-state index >= 15 is 0 Å². The molecular formula is C48H55Br3ClN3O3V. The third-order valence-corrected chi connectivity index (χ3v) is 9.39. The van der Waals surface area contributed by atoms with E-state index in [2.05, 4.69) is 121 Å². The average Bonchev–Trinajstić information content (AvgIpc) is 3.08. The van der Waals surface area contributed by atoms with E-state index in [1.165, 1.54) is 51.4 Å². The summed E-state index contributed by atoms with van der Waals surface area (Å²) in [5, 5.41) is 2.02. The SMILES string of the molecule is C.C/C=C/C(=O)Cl.CCO/C=C/C(=O)Cc1cc(C)cc(Br)c1.Cc1cc(Br)c2ccc(C)nc2c1.Cc1cc(C)c2ccc(C)nc2c1.Cc1cc(N)cc(Br)c1.[V]. The van der Waals surface area contributed by atoms with Crippen LogP contribution in [0, 0.1) is 48.5 Å². The third kappa shape index (κ3) is 22.0. The van der Waals surface area contributed by atoms with Crippen molar-refractivity contribution in [1.82, 2.24) is 9.97 Å². The molecule has 0 saturated carbocycles. The Bertz CT molecular complexity index is 2180. The van der Waals surface area contributed by atoms with Crippen LogP contribution in [0.4, 0.5) is 5.69 Å². The second kappa shape index (κ2) is 28.8. The number of aromatic nitrogens is 2. The summed E-state index contributed by atoms with van der Waals surface area (Å²) < 4.78 is 8.14. The summed E-state index contributed by atoms with van der Waals surface area (Å²) in [6, 6.07) is 28.7. The molecule has 2 aromatic heterocycles. The van der Waals surface area contributed by atoms with E-state index in [-0.39, 0.29) is 31.8 Å². The van der Waals surface area contributed by atoms with E-state index in [4.69, 9.17) is 22.1 Å². The number of hydrogen-bond acceptors (Lipinski definition) is 6. The van der Waals surface area contributed by atoms with Crippen LogP contribution < -0.4 is 5.73 Å². The van der Waals surface area contributed by atoms with Crippen LogP contribution in [0.1, 0.15) is 66.0 Å². The van der Waals surface area contributed by atoms with Crippen LogP contribution in [-0.4, -0.2) is 27.6 Å². The molecule has 2 heterocycles. The first kappa shape index (κ1) is 55.4. The van der Waals surface area contributed by atoms with Crippen molar-refractivity contribution in [2.75, 3.05) is 12.3 Å². The number of halogens is 4.